The smallest absolute Gasteiger partial charge is 0.134 e. The highest BCUT2D eigenvalue weighted by Gasteiger charge is 2.15. The molecule has 0 saturated heterocycles. The Kier molecular flexibility index (Phi) is 3.06. The molecule has 3 nitrogen and oxygen atoms in total. The van der Waals surface area contributed by atoms with Crippen molar-refractivity contribution in [1.29, 1.82) is 0 Å². The van der Waals surface area contributed by atoms with E-state index in [0.29, 0.717) is 6.42 Å². The van der Waals surface area contributed by atoms with Gasteiger partial charge in [-0.2, -0.15) is 5.10 Å². The van der Waals surface area contributed by atoms with E-state index in [1.807, 2.05) is 24.4 Å². The monoisotopic (exact) mass is 268 g/mol. The van der Waals surface area contributed by atoms with Gasteiger partial charge in [0.2, 0.25) is 0 Å². The molecule has 3 rings (SSSR count). The molecule has 0 atom stereocenters. The Morgan fingerprint density at radius 1 is 1.20 bits per heavy atom. The fourth-order valence-corrected chi connectivity index (χ4v) is 2.31. The van der Waals surface area contributed by atoms with Crippen molar-refractivity contribution in [3.8, 4) is 11.3 Å². The zero-order valence-corrected chi connectivity index (χ0v) is 11.0. The van der Waals surface area contributed by atoms with E-state index in [2.05, 4.69) is 5.10 Å². The molecule has 0 aliphatic rings. The maximum Gasteiger partial charge on any atom is 0.134 e. The largest absolute Gasteiger partial charge is 0.300 e. The van der Waals surface area contributed by atoms with Crippen LogP contribution in [0.1, 0.15) is 12.5 Å². The first-order valence-corrected chi connectivity index (χ1v) is 6.37. The second-order valence-corrected chi connectivity index (χ2v) is 4.74. The topological polar surface area (TPSA) is 34.4 Å². The van der Waals surface area contributed by atoms with Gasteiger partial charge in [0.05, 0.1) is 11.2 Å². The van der Waals surface area contributed by atoms with Crippen LogP contribution in [0.5, 0.6) is 0 Å². The van der Waals surface area contributed by atoms with Gasteiger partial charge in [-0.3, -0.25) is 4.79 Å². The van der Waals surface area contributed by atoms with Gasteiger partial charge in [-0.1, -0.05) is 6.07 Å². The summed E-state index contributed by atoms with van der Waals surface area (Å²) < 4.78 is 14.8. The first-order valence-electron chi connectivity index (χ1n) is 6.37. The van der Waals surface area contributed by atoms with Gasteiger partial charge in [0, 0.05) is 23.7 Å². The summed E-state index contributed by atoms with van der Waals surface area (Å²) in [5.74, 6) is -0.210. The minimum Gasteiger partial charge on any atom is -0.300 e. The molecule has 2 heterocycles. The van der Waals surface area contributed by atoms with E-state index < -0.39 is 0 Å². The number of hydrogen-bond donors (Lipinski definition) is 0. The van der Waals surface area contributed by atoms with Crippen molar-refractivity contribution < 1.29 is 9.18 Å². The molecule has 3 aromatic rings. The number of carbonyl (C=O) groups excluding carboxylic acids is 1. The average molecular weight is 268 g/mol. The summed E-state index contributed by atoms with van der Waals surface area (Å²) in [7, 11) is 0. The lowest BCUT2D eigenvalue weighted by molar-refractivity contribution is -0.116. The average Bonchev–Trinajstić information content (AvgIpc) is 2.78. The standard InChI is InChI=1S/C16H13FN2O/c1-11(20)10-14-15-4-2-3-9-19(15)18-16(14)12-5-7-13(17)8-6-12/h2-9H,10H2,1H3. The lowest BCUT2D eigenvalue weighted by Gasteiger charge is -2.01. The molecule has 4 heteroatoms. The van der Waals surface area contributed by atoms with Gasteiger partial charge in [0.25, 0.3) is 0 Å². The Morgan fingerprint density at radius 3 is 2.65 bits per heavy atom. The Labute approximate surface area is 115 Å². The zero-order valence-electron chi connectivity index (χ0n) is 11.0. The van der Waals surface area contributed by atoms with Crippen molar-refractivity contribution >= 4 is 11.3 Å². The number of Topliss-reactive ketones (excluding diaryl/α,β-unsaturated/α-hetero) is 1. The number of halogens is 1. The fourth-order valence-electron chi connectivity index (χ4n) is 2.31. The van der Waals surface area contributed by atoms with Gasteiger partial charge >= 0.3 is 0 Å². The first kappa shape index (κ1) is 12.5. The molecule has 20 heavy (non-hydrogen) atoms. The molecular weight excluding hydrogens is 255 g/mol. The van der Waals surface area contributed by atoms with Crippen LogP contribution in [0.4, 0.5) is 4.39 Å². The maximum absolute atomic E-state index is 13.0. The van der Waals surface area contributed by atoms with Crippen LogP contribution in [-0.4, -0.2) is 15.4 Å². The number of ketones is 1. The molecule has 0 bridgehead atoms. The molecule has 0 aliphatic carbocycles. The van der Waals surface area contributed by atoms with Crippen molar-refractivity contribution in [3.63, 3.8) is 0 Å². The summed E-state index contributed by atoms with van der Waals surface area (Å²) >= 11 is 0. The number of fused-ring (bicyclic) bond motifs is 1. The lowest BCUT2D eigenvalue weighted by atomic mass is 10.0. The first-order chi connectivity index (χ1) is 9.65. The number of carbonyl (C=O) groups is 1. The summed E-state index contributed by atoms with van der Waals surface area (Å²) in [6.07, 6.45) is 2.16. The highest BCUT2D eigenvalue weighted by Crippen LogP contribution is 2.27. The van der Waals surface area contributed by atoms with Gasteiger partial charge < -0.3 is 0 Å². The Bertz CT molecular complexity index is 775. The summed E-state index contributed by atoms with van der Waals surface area (Å²) in [5.41, 5.74) is 3.32. The molecule has 0 saturated carbocycles. The van der Waals surface area contributed by atoms with Crippen LogP contribution in [0.25, 0.3) is 16.8 Å². The van der Waals surface area contributed by atoms with E-state index in [9.17, 15) is 9.18 Å². The van der Waals surface area contributed by atoms with E-state index in [1.54, 1.807) is 23.6 Å². The minimum absolute atomic E-state index is 0.0760. The highest BCUT2D eigenvalue weighted by atomic mass is 19.1. The second-order valence-electron chi connectivity index (χ2n) is 4.74. The van der Waals surface area contributed by atoms with Crippen LogP contribution in [0, 0.1) is 5.82 Å². The van der Waals surface area contributed by atoms with Crippen LogP contribution in [0.15, 0.2) is 48.7 Å². The zero-order chi connectivity index (χ0) is 14.1. The number of benzene rings is 1. The molecule has 1 aromatic carbocycles. The highest BCUT2D eigenvalue weighted by molar-refractivity contribution is 5.85. The van der Waals surface area contributed by atoms with E-state index in [-0.39, 0.29) is 11.6 Å². The number of nitrogens with zero attached hydrogens (tertiary/aromatic N) is 2. The molecule has 0 aliphatic heterocycles. The molecule has 0 N–H and O–H groups in total. The third kappa shape index (κ3) is 2.20. The normalized spacial score (nSPS) is 10.9. The summed E-state index contributed by atoms with van der Waals surface area (Å²) in [5, 5.41) is 4.51. The molecule has 0 unspecified atom stereocenters. The summed E-state index contributed by atoms with van der Waals surface area (Å²) in [6, 6.07) is 11.9. The van der Waals surface area contributed by atoms with E-state index >= 15 is 0 Å². The molecule has 2 aromatic heterocycles. The third-order valence-corrected chi connectivity index (χ3v) is 3.19. The van der Waals surface area contributed by atoms with Gasteiger partial charge in [-0.15, -0.1) is 0 Å². The van der Waals surface area contributed by atoms with Gasteiger partial charge in [0.15, 0.2) is 0 Å². The van der Waals surface area contributed by atoms with Crippen LogP contribution in [0.3, 0.4) is 0 Å². The minimum atomic E-state index is -0.286. The van der Waals surface area contributed by atoms with Crippen molar-refractivity contribution in [2.24, 2.45) is 0 Å². The Hall–Kier alpha value is -2.49. The Morgan fingerprint density at radius 2 is 1.95 bits per heavy atom. The predicted molar refractivity (Wildman–Crippen MR) is 75.0 cm³/mol. The fraction of sp³-hybridized carbons (Fsp3) is 0.125. The molecule has 100 valence electrons. The van der Waals surface area contributed by atoms with Gasteiger partial charge in [0.1, 0.15) is 11.6 Å². The molecule has 0 amide bonds. The van der Waals surface area contributed by atoms with Crippen molar-refractivity contribution in [2.45, 2.75) is 13.3 Å². The maximum atomic E-state index is 13.0. The number of hydrogen-bond acceptors (Lipinski definition) is 2. The molecule has 0 spiro atoms. The van der Waals surface area contributed by atoms with Crippen molar-refractivity contribution in [2.75, 3.05) is 0 Å². The summed E-state index contributed by atoms with van der Waals surface area (Å²) in [4.78, 5) is 11.5. The molecule has 0 fully saturated rings. The Balaban J connectivity index is 2.23. The lowest BCUT2D eigenvalue weighted by Crippen LogP contribution is -1.97. The van der Waals surface area contributed by atoms with E-state index in [0.717, 1.165) is 22.3 Å². The van der Waals surface area contributed by atoms with Crippen LogP contribution in [-0.2, 0) is 11.2 Å². The molecular formula is C16H13FN2O. The third-order valence-electron chi connectivity index (χ3n) is 3.19. The SMILES string of the molecule is CC(=O)Cc1c(-c2ccc(F)cc2)nn2ccccc12. The van der Waals surface area contributed by atoms with Gasteiger partial charge in [-0.05, 0) is 43.3 Å². The predicted octanol–water partition coefficient (Wildman–Crippen LogP) is 3.27. The van der Waals surface area contributed by atoms with E-state index in [4.69, 9.17) is 0 Å². The number of rotatable bonds is 3. The van der Waals surface area contributed by atoms with Crippen LogP contribution >= 0.6 is 0 Å². The van der Waals surface area contributed by atoms with Crippen molar-refractivity contribution in [1.82, 2.24) is 9.61 Å². The quantitative estimate of drug-likeness (QED) is 0.730. The molecule has 0 radical (unpaired) electrons. The van der Waals surface area contributed by atoms with Gasteiger partial charge in [-0.25, -0.2) is 8.91 Å². The summed E-state index contributed by atoms with van der Waals surface area (Å²) in [6.45, 7) is 1.56. The number of aromatic nitrogens is 2. The number of pyridine rings is 1. The van der Waals surface area contributed by atoms with Crippen LogP contribution in [0.2, 0.25) is 0 Å². The van der Waals surface area contributed by atoms with Crippen LogP contribution < -0.4 is 0 Å². The van der Waals surface area contributed by atoms with Crippen molar-refractivity contribution in [3.05, 3.63) is 60.0 Å². The van der Waals surface area contributed by atoms with E-state index in [1.165, 1.54) is 12.1 Å². The second kappa shape index (κ2) is 4.89.